The van der Waals surface area contributed by atoms with Crippen molar-refractivity contribution in [2.24, 2.45) is 5.41 Å². The Labute approximate surface area is 110 Å². The largest absolute Gasteiger partial charge is 0.381 e. The Morgan fingerprint density at radius 2 is 2.22 bits per heavy atom. The zero-order chi connectivity index (χ0) is 12.4. The number of nitrogens with one attached hydrogen (secondary N) is 1. The molecular formula is C14H26N2O2. The fraction of sp³-hybridized carbons (Fsp3) is 1.00. The number of hydrogen-bond acceptors (Lipinski definition) is 4. The zero-order valence-electron chi connectivity index (χ0n) is 11.5. The summed E-state index contributed by atoms with van der Waals surface area (Å²) >= 11 is 0. The molecule has 2 aliphatic heterocycles. The van der Waals surface area contributed by atoms with Gasteiger partial charge in [-0.05, 0) is 26.2 Å². The number of hydrogen-bond donors (Lipinski definition) is 1. The highest BCUT2D eigenvalue weighted by atomic mass is 16.5. The van der Waals surface area contributed by atoms with Crippen LogP contribution in [-0.2, 0) is 9.47 Å². The van der Waals surface area contributed by atoms with E-state index in [-0.39, 0.29) is 0 Å². The van der Waals surface area contributed by atoms with Crippen molar-refractivity contribution in [3.05, 3.63) is 0 Å². The van der Waals surface area contributed by atoms with Gasteiger partial charge in [-0.1, -0.05) is 0 Å². The highest BCUT2D eigenvalue weighted by Gasteiger charge is 2.38. The van der Waals surface area contributed by atoms with Crippen LogP contribution in [0.1, 0.15) is 26.2 Å². The van der Waals surface area contributed by atoms with Crippen LogP contribution in [0.3, 0.4) is 0 Å². The van der Waals surface area contributed by atoms with Crippen molar-refractivity contribution in [1.29, 1.82) is 0 Å². The van der Waals surface area contributed by atoms with Crippen LogP contribution in [0.15, 0.2) is 0 Å². The summed E-state index contributed by atoms with van der Waals surface area (Å²) < 4.78 is 11.3. The maximum absolute atomic E-state index is 5.68. The molecule has 104 valence electrons. The van der Waals surface area contributed by atoms with Gasteiger partial charge in [0.15, 0.2) is 0 Å². The van der Waals surface area contributed by atoms with Gasteiger partial charge >= 0.3 is 0 Å². The van der Waals surface area contributed by atoms with E-state index in [1.54, 1.807) is 0 Å². The van der Waals surface area contributed by atoms with Gasteiger partial charge < -0.3 is 14.8 Å². The van der Waals surface area contributed by atoms with E-state index in [2.05, 4.69) is 17.1 Å². The average molecular weight is 254 g/mol. The minimum atomic E-state index is 0.347. The molecule has 2 unspecified atom stereocenters. The minimum absolute atomic E-state index is 0.347. The molecule has 18 heavy (non-hydrogen) atoms. The highest BCUT2D eigenvalue weighted by Crippen LogP contribution is 2.31. The second-order valence-electron chi connectivity index (χ2n) is 6.37. The summed E-state index contributed by atoms with van der Waals surface area (Å²) in [5, 5.41) is 3.70. The topological polar surface area (TPSA) is 33.7 Å². The molecule has 4 nitrogen and oxygen atoms in total. The molecule has 0 bridgehead atoms. The van der Waals surface area contributed by atoms with Crippen molar-refractivity contribution in [3.8, 4) is 0 Å². The van der Waals surface area contributed by atoms with Gasteiger partial charge in [0.1, 0.15) is 0 Å². The molecule has 0 radical (unpaired) electrons. The molecule has 2 saturated heterocycles. The smallest absolute Gasteiger partial charge is 0.0674 e. The molecule has 3 rings (SSSR count). The first-order valence-corrected chi connectivity index (χ1v) is 7.41. The number of morpholine rings is 1. The van der Waals surface area contributed by atoms with E-state index < -0.39 is 0 Å². The summed E-state index contributed by atoms with van der Waals surface area (Å²) in [6.45, 7) is 9.37. The van der Waals surface area contributed by atoms with Crippen LogP contribution in [0.25, 0.3) is 0 Å². The molecule has 0 aromatic rings. The third-order valence-corrected chi connectivity index (χ3v) is 4.41. The van der Waals surface area contributed by atoms with Crippen molar-refractivity contribution in [1.82, 2.24) is 10.2 Å². The molecule has 2 heterocycles. The van der Waals surface area contributed by atoms with Gasteiger partial charge in [-0.3, -0.25) is 4.90 Å². The van der Waals surface area contributed by atoms with Crippen LogP contribution >= 0.6 is 0 Å². The Kier molecular flexibility index (Phi) is 3.89. The number of nitrogens with zero attached hydrogens (tertiary/aromatic N) is 1. The second-order valence-corrected chi connectivity index (χ2v) is 6.37. The predicted octanol–water partition coefficient (Wildman–Crippen LogP) is 0.866. The maximum atomic E-state index is 5.68. The lowest BCUT2D eigenvalue weighted by Gasteiger charge is -2.38. The first-order chi connectivity index (χ1) is 8.76. The Balaban J connectivity index is 1.54. The van der Waals surface area contributed by atoms with Gasteiger partial charge in [0, 0.05) is 44.2 Å². The van der Waals surface area contributed by atoms with Gasteiger partial charge in [0.25, 0.3) is 0 Å². The predicted molar refractivity (Wildman–Crippen MR) is 70.7 cm³/mol. The lowest BCUT2D eigenvalue weighted by molar-refractivity contribution is -0.0333. The quantitative estimate of drug-likeness (QED) is 0.789. The first-order valence-electron chi connectivity index (χ1n) is 7.41. The normalized spacial score (nSPS) is 38.2. The fourth-order valence-electron chi connectivity index (χ4n) is 3.13. The van der Waals surface area contributed by atoms with E-state index in [1.165, 1.54) is 25.8 Å². The average Bonchev–Trinajstić information content (AvgIpc) is 3.08. The molecule has 2 atom stereocenters. The summed E-state index contributed by atoms with van der Waals surface area (Å²) in [4.78, 5) is 2.57. The van der Waals surface area contributed by atoms with Crippen LogP contribution in [0, 0.1) is 5.41 Å². The number of ether oxygens (including phenoxy) is 2. The maximum Gasteiger partial charge on any atom is 0.0674 e. The van der Waals surface area contributed by atoms with Crippen LogP contribution in [0.5, 0.6) is 0 Å². The van der Waals surface area contributed by atoms with E-state index >= 15 is 0 Å². The van der Waals surface area contributed by atoms with Crippen LogP contribution in [-0.4, -0.2) is 63.0 Å². The van der Waals surface area contributed by atoms with E-state index in [9.17, 15) is 0 Å². The molecule has 1 saturated carbocycles. The van der Waals surface area contributed by atoms with Crippen LogP contribution in [0.4, 0.5) is 0 Å². The fourth-order valence-corrected chi connectivity index (χ4v) is 3.13. The lowest BCUT2D eigenvalue weighted by Crippen LogP contribution is -2.50. The summed E-state index contributed by atoms with van der Waals surface area (Å²) in [6, 6.07) is 0.797. The lowest BCUT2D eigenvalue weighted by atomic mass is 9.86. The van der Waals surface area contributed by atoms with E-state index in [1.807, 2.05) is 0 Å². The Hall–Kier alpha value is -0.160. The standard InChI is InChI=1S/C14H26N2O2/c1-12-8-16(5-7-18-12)10-14(4-6-17-11-14)9-15-13-2-3-13/h12-13,15H,2-11H2,1H3. The molecule has 1 aliphatic carbocycles. The molecule has 4 heteroatoms. The van der Waals surface area contributed by atoms with Gasteiger partial charge in [-0.25, -0.2) is 0 Å². The third-order valence-electron chi connectivity index (χ3n) is 4.41. The Morgan fingerprint density at radius 1 is 1.33 bits per heavy atom. The minimum Gasteiger partial charge on any atom is -0.381 e. The van der Waals surface area contributed by atoms with Crippen molar-refractivity contribution in [3.63, 3.8) is 0 Å². The van der Waals surface area contributed by atoms with Crippen LogP contribution in [0.2, 0.25) is 0 Å². The monoisotopic (exact) mass is 254 g/mol. The summed E-state index contributed by atoms with van der Waals surface area (Å²) in [5.74, 6) is 0. The molecular weight excluding hydrogens is 228 g/mol. The zero-order valence-corrected chi connectivity index (χ0v) is 11.5. The Morgan fingerprint density at radius 3 is 2.89 bits per heavy atom. The first kappa shape index (κ1) is 12.9. The summed E-state index contributed by atoms with van der Waals surface area (Å²) in [6.07, 6.45) is 4.32. The highest BCUT2D eigenvalue weighted by molar-refractivity contribution is 4.92. The summed E-state index contributed by atoms with van der Waals surface area (Å²) in [7, 11) is 0. The van der Waals surface area contributed by atoms with E-state index in [0.29, 0.717) is 11.5 Å². The van der Waals surface area contributed by atoms with Gasteiger partial charge in [-0.2, -0.15) is 0 Å². The molecule has 0 aromatic heterocycles. The molecule has 1 N–H and O–H groups in total. The summed E-state index contributed by atoms with van der Waals surface area (Å²) in [5.41, 5.74) is 0.347. The molecule has 3 fully saturated rings. The number of rotatable bonds is 5. The van der Waals surface area contributed by atoms with Gasteiger partial charge in [0.05, 0.1) is 19.3 Å². The second kappa shape index (κ2) is 5.45. The SMILES string of the molecule is CC1CN(CC2(CNC3CC3)CCOC2)CCO1. The van der Waals surface area contributed by atoms with Gasteiger partial charge in [-0.15, -0.1) is 0 Å². The van der Waals surface area contributed by atoms with Crippen molar-refractivity contribution < 1.29 is 9.47 Å². The van der Waals surface area contributed by atoms with Crippen LogP contribution < -0.4 is 5.32 Å². The van der Waals surface area contributed by atoms with Crippen molar-refractivity contribution >= 4 is 0 Å². The molecule has 0 spiro atoms. The molecule has 0 amide bonds. The van der Waals surface area contributed by atoms with Crippen molar-refractivity contribution in [2.45, 2.75) is 38.3 Å². The van der Waals surface area contributed by atoms with Gasteiger partial charge in [0.2, 0.25) is 0 Å². The van der Waals surface area contributed by atoms with E-state index in [0.717, 1.165) is 45.5 Å². The van der Waals surface area contributed by atoms with Crippen molar-refractivity contribution in [2.75, 3.05) is 46.0 Å². The molecule has 3 aliphatic rings. The molecule has 0 aromatic carbocycles. The Bertz CT molecular complexity index is 275. The third kappa shape index (κ3) is 3.23. The van der Waals surface area contributed by atoms with E-state index in [4.69, 9.17) is 9.47 Å².